The average Bonchev–Trinajstić information content (AvgIpc) is 2.79. The number of hydrogen-bond acceptors (Lipinski definition) is 4. The van der Waals surface area contributed by atoms with E-state index in [9.17, 15) is 17.6 Å². The van der Waals surface area contributed by atoms with Crippen LogP contribution in [0.2, 0.25) is 0 Å². The molecule has 5 nitrogen and oxygen atoms in total. The molecule has 0 N–H and O–H groups in total. The number of hydrogen-bond donors (Lipinski definition) is 0. The quantitative estimate of drug-likeness (QED) is 0.518. The van der Waals surface area contributed by atoms with Gasteiger partial charge in [0.2, 0.25) is 0 Å². The summed E-state index contributed by atoms with van der Waals surface area (Å²) < 4.78 is 41.2. The highest BCUT2D eigenvalue weighted by molar-refractivity contribution is 7.92. The molecule has 0 aromatic heterocycles. The van der Waals surface area contributed by atoms with E-state index in [-0.39, 0.29) is 17.1 Å². The molecule has 1 aliphatic heterocycles. The van der Waals surface area contributed by atoms with E-state index in [1.807, 2.05) is 49.3 Å². The number of fused-ring (bicyclic) bond motifs is 1. The smallest absolute Gasteiger partial charge is 0.264 e. The molecule has 0 saturated carbocycles. The number of carbonyl (C=O) groups excluding carboxylic acids is 1. The van der Waals surface area contributed by atoms with Crippen molar-refractivity contribution >= 4 is 27.2 Å². The van der Waals surface area contributed by atoms with Gasteiger partial charge in [-0.15, -0.1) is 0 Å². The molecule has 0 aliphatic carbocycles. The average molecular weight is 453 g/mol. The van der Waals surface area contributed by atoms with Crippen molar-refractivity contribution in [2.45, 2.75) is 24.2 Å². The standard InChI is InChI=1S/C25H25FN2O3S/c1-27(2)22-7-3-5-20(17-22)25(29)16-18-8-9-19-6-4-14-28(24(19)15-18)32(30,31)23-12-10-21(26)11-13-23/h3,5,7-13,15,17H,4,6,14,16H2,1-2H3. The minimum Gasteiger partial charge on any atom is -0.378 e. The Balaban J connectivity index is 1.64. The summed E-state index contributed by atoms with van der Waals surface area (Å²) in [6.45, 7) is 0.342. The first-order valence-corrected chi connectivity index (χ1v) is 11.9. The Morgan fingerprint density at radius 3 is 2.50 bits per heavy atom. The van der Waals surface area contributed by atoms with Crippen LogP contribution in [0.3, 0.4) is 0 Å². The molecule has 1 aliphatic rings. The number of halogens is 1. The SMILES string of the molecule is CN(C)c1cccc(C(=O)Cc2ccc3c(c2)N(S(=O)(=O)c2ccc(F)cc2)CCC3)c1. The molecule has 0 radical (unpaired) electrons. The molecule has 1 heterocycles. The van der Waals surface area contributed by atoms with Gasteiger partial charge in [0.15, 0.2) is 5.78 Å². The van der Waals surface area contributed by atoms with E-state index in [1.54, 1.807) is 12.1 Å². The maximum Gasteiger partial charge on any atom is 0.264 e. The van der Waals surface area contributed by atoms with E-state index in [0.29, 0.717) is 24.2 Å². The van der Waals surface area contributed by atoms with Crippen molar-refractivity contribution in [1.82, 2.24) is 0 Å². The Morgan fingerprint density at radius 2 is 1.78 bits per heavy atom. The summed E-state index contributed by atoms with van der Waals surface area (Å²) in [5, 5.41) is 0. The van der Waals surface area contributed by atoms with Crippen LogP contribution in [0.15, 0.2) is 71.6 Å². The molecule has 0 spiro atoms. The first-order valence-electron chi connectivity index (χ1n) is 10.5. The van der Waals surface area contributed by atoms with Gasteiger partial charge in [0.05, 0.1) is 10.6 Å². The Morgan fingerprint density at radius 1 is 1.03 bits per heavy atom. The first kappa shape index (κ1) is 22.0. The van der Waals surface area contributed by atoms with Gasteiger partial charge in [-0.2, -0.15) is 0 Å². The van der Waals surface area contributed by atoms with Gasteiger partial charge in [0, 0.05) is 38.3 Å². The minimum atomic E-state index is -3.83. The molecule has 0 bridgehead atoms. The van der Waals surface area contributed by atoms with Crippen LogP contribution >= 0.6 is 0 Å². The molecule has 0 unspecified atom stereocenters. The van der Waals surface area contributed by atoms with Gasteiger partial charge in [-0.05, 0) is 66.4 Å². The van der Waals surface area contributed by atoms with E-state index in [1.165, 1.54) is 16.4 Å². The third kappa shape index (κ3) is 4.39. The number of anilines is 2. The highest BCUT2D eigenvalue weighted by Gasteiger charge is 2.29. The number of aryl methyl sites for hydroxylation is 1. The fourth-order valence-corrected chi connectivity index (χ4v) is 5.46. The number of sulfonamides is 1. The zero-order chi connectivity index (χ0) is 22.9. The first-order chi connectivity index (χ1) is 15.3. The molecule has 166 valence electrons. The number of ketones is 1. The zero-order valence-electron chi connectivity index (χ0n) is 18.1. The van der Waals surface area contributed by atoms with Crippen molar-refractivity contribution in [3.05, 3.63) is 89.2 Å². The van der Waals surface area contributed by atoms with E-state index in [0.717, 1.165) is 35.4 Å². The molecule has 3 aromatic rings. The van der Waals surface area contributed by atoms with Gasteiger partial charge >= 0.3 is 0 Å². The fourth-order valence-electron chi connectivity index (χ4n) is 3.92. The van der Waals surface area contributed by atoms with Crippen molar-refractivity contribution in [2.24, 2.45) is 0 Å². The predicted octanol–water partition coefficient (Wildman–Crippen LogP) is 4.46. The summed E-state index contributed by atoms with van der Waals surface area (Å²) in [5.41, 5.74) is 3.83. The van der Waals surface area contributed by atoms with Crippen molar-refractivity contribution in [2.75, 3.05) is 29.8 Å². The molecule has 7 heteroatoms. The van der Waals surface area contributed by atoms with Crippen LogP contribution in [-0.2, 0) is 22.9 Å². The van der Waals surface area contributed by atoms with E-state index < -0.39 is 15.8 Å². The summed E-state index contributed by atoms with van der Waals surface area (Å²) in [7, 11) is 0.0112. The van der Waals surface area contributed by atoms with Crippen molar-refractivity contribution < 1.29 is 17.6 Å². The molecule has 0 fully saturated rings. The van der Waals surface area contributed by atoms with E-state index >= 15 is 0 Å². The normalized spacial score (nSPS) is 13.5. The number of nitrogens with zero attached hydrogens (tertiary/aromatic N) is 2. The van der Waals surface area contributed by atoms with Crippen LogP contribution in [-0.4, -0.2) is 34.8 Å². The Kier molecular flexibility index (Phi) is 6.02. The fraction of sp³-hybridized carbons (Fsp3) is 0.240. The molecule has 32 heavy (non-hydrogen) atoms. The highest BCUT2D eigenvalue weighted by atomic mass is 32.2. The maximum atomic E-state index is 13.3. The van der Waals surface area contributed by atoms with Crippen molar-refractivity contribution in [3.63, 3.8) is 0 Å². The summed E-state index contributed by atoms with van der Waals surface area (Å²) in [6, 6.07) is 17.9. The third-order valence-electron chi connectivity index (χ3n) is 5.68. The van der Waals surface area contributed by atoms with Gasteiger partial charge < -0.3 is 4.90 Å². The van der Waals surface area contributed by atoms with Gasteiger partial charge in [-0.25, -0.2) is 12.8 Å². The van der Waals surface area contributed by atoms with E-state index in [2.05, 4.69) is 0 Å². The van der Waals surface area contributed by atoms with Gasteiger partial charge in [0.1, 0.15) is 5.82 Å². The second kappa shape index (κ2) is 8.74. The minimum absolute atomic E-state index is 0.0302. The maximum absolute atomic E-state index is 13.3. The Labute approximate surface area is 188 Å². The zero-order valence-corrected chi connectivity index (χ0v) is 18.9. The van der Waals surface area contributed by atoms with Gasteiger partial charge in [-0.3, -0.25) is 9.10 Å². The van der Waals surface area contributed by atoms with Crippen LogP contribution < -0.4 is 9.21 Å². The largest absolute Gasteiger partial charge is 0.378 e. The van der Waals surface area contributed by atoms with Crippen LogP contribution in [0.4, 0.5) is 15.8 Å². The van der Waals surface area contributed by atoms with Crippen molar-refractivity contribution in [1.29, 1.82) is 0 Å². The van der Waals surface area contributed by atoms with Gasteiger partial charge in [-0.1, -0.05) is 24.3 Å². The van der Waals surface area contributed by atoms with E-state index in [4.69, 9.17) is 0 Å². The van der Waals surface area contributed by atoms with Crippen LogP contribution in [0.5, 0.6) is 0 Å². The molecular weight excluding hydrogens is 427 g/mol. The van der Waals surface area contributed by atoms with Crippen molar-refractivity contribution in [3.8, 4) is 0 Å². The van der Waals surface area contributed by atoms with Gasteiger partial charge in [0.25, 0.3) is 10.0 Å². The topological polar surface area (TPSA) is 57.7 Å². The lowest BCUT2D eigenvalue weighted by atomic mass is 9.97. The second-order valence-electron chi connectivity index (χ2n) is 8.14. The van der Waals surface area contributed by atoms with Crippen LogP contribution in [0, 0.1) is 5.82 Å². The Hall–Kier alpha value is -3.19. The number of carbonyl (C=O) groups is 1. The second-order valence-corrected chi connectivity index (χ2v) is 10.0. The summed E-state index contributed by atoms with van der Waals surface area (Å²) in [6.07, 6.45) is 1.64. The number of Topliss-reactive ketones (excluding diaryl/α,β-unsaturated/α-hetero) is 1. The Bertz CT molecular complexity index is 1250. The lowest BCUT2D eigenvalue weighted by molar-refractivity contribution is 0.0993. The predicted molar refractivity (Wildman–Crippen MR) is 124 cm³/mol. The lowest BCUT2D eigenvalue weighted by Crippen LogP contribution is -2.35. The summed E-state index contributed by atoms with van der Waals surface area (Å²) >= 11 is 0. The summed E-state index contributed by atoms with van der Waals surface area (Å²) in [5.74, 6) is -0.514. The third-order valence-corrected chi connectivity index (χ3v) is 7.50. The molecule has 0 amide bonds. The molecule has 3 aromatic carbocycles. The monoisotopic (exact) mass is 452 g/mol. The molecule has 0 saturated heterocycles. The molecule has 0 atom stereocenters. The van der Waals surface area contributed by atoms with Crippen LogP contribution in [0.1, 0.15) is 27.9 Å². The number of rotatable bonds is 6. The lowest BCUT2D eigenvalue weighted by Gasteiger charge is -2.31. The molecular formula is C25H25FN2O3S. The van der Waals surface area contributed by atoms with Crippen LogP contribution in [0.25, 0.3) is 0 Å². The number of benzene rings is 3. The molecule has 4 rings (SSSR count). The summed E-state index contributed by atoms with van der Waals surface area (Å²) in [4.78, 5) is 14.9. The highest BCUT2D eigenvalue weighted by Crippen LogP contribution is 2.33.